The minimum Gasteiger partial charge on any atom is -0.493 e. The van der Waals surface area contributed by atoms with Crippen molar-refractivity contribution in [3.05, 3.63) is 35.6 Å². The summed E-state index contributed by atoms with van der Waals surface area (Å²) >= 11 is 0. The summed E-state index contributed by atoms with van der Waals surface area (Å²) in [4.78, 5) is 2.24. The molecule has 1 saturated heterocycles. The van der Waals surface area contributed by atoms with Crippen LogP contribution in [0.3, 0.4) is 0 Å². The monoisotopic (exact) mass is 292 g/mol. The van der Waals surface area contributed by atoms with Gasteiger partial charge >= 0.3 is 11.7 Å². The molecular weight excluding hydrogens is 270 g/mol. The number of ether oxygens (including phenoxy) is 3. The van der Waals surface area contributed by atoms with Crippen LogP contribution in [0.25, 0.3) is 0 Å². The van der Waals surface area contributed by atoms with Gasteiger partial charge in [0, 0.05) is 32.0 Å². The summed E-state index contributed by atoms with van der Waals surface area (Å²) in [6, 6.07) is 0. The van der Waals surface area contributed by atoms with Crippen molar-refractivity contribution in [2.75, 3.05) is 40.5 Å². The summed E-state index contributed by atoms with van der Waals surface area (Å²) in [6.07, 6.45) is 6.35. The topological polar surface area (TPSA) is 42.2 Å². The Morgan fingerprint density at radius 1 is 1.10 bits per heavy atom. The van der Waals surface area contributed by atoms with E-state index in [9.17, 15) is 0 Å². The number of hydrogen-bond acceptors (Lipinski definition) is 4. The summed E-state index contributed by atoms with van der Waals surface area (Å²) < 4.78 is 22.2. The van der Waals surface area contributed by atoms with Crippen LogP contribution in [0.2, 0.25) is 0 Å². The summed E-state index contributed by atoms with van der Waals surface area (Å²) in [7, 11) is 3.33. The van der Waals surface area contributed by atoms with Gasteiger partial charge in [0.15, 0.2) is 11.5 Å². The molecule has 5 heteroatoms. The van der Waals surface area contributed by atoms with Crippen molar-refractivity contribution in [1.29, 1.82) is 0 Å². The van der Waals surface area contributed by atoms with E-state index in [0.29, 0.717) is 0 Å². The maximum atomic E-state index is 6.03. The van der Waals surface area contributed by atoms with E-state index in [1.807, 2.05) is 6.92 Å². The maximum absolute atomic E-state index is 6.03. The highest BCUT2D eigenvalue weighted by Gasteiger charge is 2.39. The molecule has 0 N–H and O–H groups in total. The lowest BCUT2D eigenvalue weighted by atomic mass is 9.83. The number of ketones is 1. The van der Waals surface area contributed by atoms with Crippen LogP contribution in [0.5, 0.6) is 0 Å². The van der Waals surface area contributed by atoms with Crippen molar-refractivity contribution in [2.45, 2.75) is 6.92 Å². The maximum Gasteiger partial charge on any atom is 0.425 e. The Morgan fingerprint density at radius 3 is 2.43 bits per heavy atom. The predicted molar refractivity (Wildman–Crippen MR) is 78.3 cm³/mol. The van der Waals surface area contributed by atoms with Crippen molar-refractivity contribution >= 4 is 5.78 Å². The highest BCUT2D eigenvalue weighted by Crippen LogP contribution is 2.33. The predicted octanol–water partition coefficient (Wildman–Crippen LogP) is 1.60. The Morgan fingerprint density at radius 2 is 1.76 bits per heavy atom. The highest BCUT2D eigenvalue weighted by molar-refractivity contribution is 5.83. The highest BCUT2D eigenvalue weighted by atomic mass is 16.5. The van der Waals surface area contributed by atoms with Gasteiger partial charge in [-0.3, -0.25) is 4.90 Å². The van der Waals surface area contributed by atoms with Crippen LogP contribution in [-0.4, -0.2) is 51.2 Å². The molecule has 1 aliphatic carbocycles. The zero-order chi connectivity index (χ0) is 14.8. The van der Waals surface area contributed by atoms with Crippen LogP contribution in [0.1, 0.15) is 6.92 Å². The summed E-state index contributed by atoms with van der Waals surface area (Å²) in [6.45, 7) is 5.27. The molecule has 2 aliphatic heterocycles. The van der Waals surface area contributed by atoms with Crippen molar-refractivity contribution in [3.63, 3.8) is 0 Å². The summed E-state index contributed by atoms with van der Waals surface area (Å²) in [5, 5.41) is 0. The normalized spacial score (nSPS) is 28.8. The molecule has 3 aliphatic rings. The number of rotatable bonds is 3. The van der Waals surface area contributed by atoms with Crippen LogP contribution < -0.4 is 0 Å². The van der Waals surface area contributed by atoms with Gasteiger partial charge in [-0.05, 0) is 12.2 Å². The smallest absolute Gasteiger partial charge is 0.425 e. The molecule has 5 nitrogen and oxygen atoms in total. The standard InChI is InChI=1S/C16H22NO4/c1-11-13-10-15(19-3)14(18-2)8-12(13)9-16(21-11)17-4-6-20-7-5-17/h8-10,12-13H,4-7H2,1-3H3/q+1/t12-,13-/m1/s1. The molecule has 0 amide bonds. The first-order valence-electron chi connectivity index (χ1n) is 7.30. The van der Waals surface area contributed by atoms with E-state index in [-0.39, 0.29) is 11.8 Å². The summed E-state index contributed by atoms with van der Waals surface area (Å²) in [5.41, 5.74) is 0. The number of carbonyl (C=O) groups excluding carboxylic acids is 1. The number of morpholine rings is 1. The molecule has 0 unspecified atom stereocenters. The molecule has 0 aromatic rings. The van der Waals surface area contributed by atoms with Crippen molar-refractivity contribution < 1.29 is 18.6 Å². The average molecular weight is 292 g/mol. The van der Waals surface area contributed by atoms with Gasteiger partial charge in [-0.15, -0.1) is 0 Å². The SMILES string of the molecule is COC1=C[C@@H]2C=C(N3CCOCC3)[O+]=C(C)[C@H]2C=C1OC. The van der Waals surface area contributed by atoms with Crippen LogP contribution in [0.15, 0.2) is 35.6 Å². The van der Waals surface area contributed by atoms with Gasteiger partial charge in [-0.2, -0.15) is 4.42 Å². The number of fused-ring (bicyclic) bond motifs is 1. The number of nitrogens with zero attached hydrogens (tertiary/aromatic N) is 1. The van der Waals surface area contributed by atoms with Crippen LogP contribution in [-0.2, 0) is 18.6 Å². The largest absolute Gasteiger partial charge is 0.493 e. The first-order valence-corrected chi connectivity index (χ1v) is 7.30. The van der Waals surface area contributed by atoms with Crippen molar-refractivity contribution in [3.8, 4) is 0 Å². The van der Waals surface area contributed by atoms with E-state index in [2.05, 4.69) is 23.1 Å². The second-order valence-corrected chi connectivity index (χ2v) is 5.39. The molecule has 114 valence electrons. The molecule has 0 bridgehead atoms. The fourth-order valence-corrected chi connectivity index (χ4v) is 2.98. The molecule has 1 fully saturated rings. The summed E-state index contributed by atoms with van der Waals surface area (Å²) in [5.74, 6) is 3.91. The third-order valence-corrected chi connectivity index (χ3v) is 4.16. The van der Waals surface area contributed by atoms with E-state index >= 15 is 0 Å². The Hall–Kier alpha value is -1.75. The molecule has 0 radical (unpaired) electrons. The average Bonchev–Trinajstić information content (AvgIpc) is 2.54. The van der Waals surface area contributed by atoms with Gasteiger partial charge < -0.3 is 14.2 Å². The fourth-order valence-electron chi connectivity index (χ4n) is 2.98. The molecule has 0 spiro atoms. The van der Waals surface area contributed by atoms with Gasteiger partial charge in [-0.25, -0.2) is 0 Å². The van der Waals surface area contributed by atoms with E-state index in [4.69, 9.17) is 18.6 Å². The molecule has 0 saturated carbocycles. The Labute approximate surface area is 125 Å². The molecule has 21 heavy (non-hydrogen) atoms. The lowest BCUT2D eigenvalue weighted by Crippen LogP contribution is -2.39. The first-order chi connectivity index (χ1) is 10.2. The van der Waals surface area contributed by atoms with Crippen molar-refractivity contribution in [1.82, 2.24) is 4.90 Å². The Kier molecular flexibility index (Phi) is 4.01. The zero-order valence-electron chi connectivity index (χ0n) is 12.8. The molecule has 2 heterocycles. The number of hydrogen-bond donors (Lipinski definition) is 0. The van der Waals surface area contributed by atoms with Crippen LogP contribution in [0.4, 0.5) is 0 Å². The second kappa shape index (κ2) is 5.93. The molecule has 0 aromatic heterocycles. The Balaban J connectivity index is 1.88. The molecule has 0 aromatic carbocycles. The van der Waals surface area contributed by atoms with Crippen molar-refractivity contribution in [2.24, 2.45) is 11.8 Å². The van der Waals surface area contributed by atoms with Gasteiger partial charge in [0.05, 0.1) is 27.4 Å². The van der Waals surface area contributed by atoms with Gasteiger partial charge in [0.25, 0.3) is 0 Å². The molecular formula is C16H22NO4+. The van der Waals surface area contributed by atoms with E-state index in [1.54, 1.807) is 14.2 Å². The quantitative estimate of drug-likeness (QED) is 0.741. The van der Waals surface area contributed by atoms with Crippen LogP contribution in [0, 0.1) is 11.8 Å². The van der Waals surface area contributed by atoms with Gasteiger partial charge in [0.1, 0.15) is 5.92 Å². The van der Waals surface area contributed by atoms with Gasteiger partial charge in [0.2, 0.25) is 0 Å². The third-order valence-electron chi connectivity index (χ3n) is 4.16. The molecule has 3 rings (SSSR count). The number of allylic oxidation sites excluding steroid dienone is 3. The van der Waals surface area contributed by atoms with Gasteiger partial charge in [-0.1, -0.05) is 0 Å². The zero-order valence-corrected chi connectivity index (χ0v) is 12.8. The fraction of sp³-hybridized carbons (Fsp3) is 0.562. The van der Waals surface area contributed by atoms with E-state index < -0.39 is 0 Å². The lowest BCUT2D eigenvalue weighted by molar-refractivity contribution is -0.429. The second-order valence-electron chi connectivity index (χ2n) is 5.39. The third kappa shape index (κ3) is 2.70. The van der Waals surface area contributed by atoms with Crippen LogP contribution >= 0.6 is 0 Å². The molecule has 2 atom stereocenters. The Bertz CT molecular complexity index is 526. The minimum absolute atomic E-state index is 0.198. The van der Waals surface area contributed by atoms with E-state index in [1.165, 1.54) is 0 Å². The minimum atomic E-state index is 0.198. The lowest BCUT2D eigenvalue weighted by Gasteiger charge is -2.28. The number of methoxy groups -OCH3 is 2. The first kappa shape index (κ1) is 14.2. The van der Waals surface area contributed by atoms with E-state index in [0.717, 1.165) is 49.5 Å².